The van der Waals surface area contributed by atoms with Crippen molar-refractivity contribution in [2.75, 3.05) is 19.8 Å². The molecule has 1 rings (SSSR count). The van der Waals surface area contributed by atoms with Crippen LogP contribution in [0.5, 0.6) is 0 Å². The van der Waals surface area contributed by atoms with Crippen LogP contribution in [0.25, 0.3) is 6.08 Å². The molecule has 11 nitrogen and oxygen atoms in total. The number of rotatable bonds is 14. The molecule has 0 bridgehead atoms. The highest BCUT2D eigenvalue weighted by Crippen LogP contribution is 2.10. The Balaban J connectivity index is 0.000000889. The smallest absolute Gasteiger partial charge is 0.340 e. The van der Waals surface area contributed by atoms with E-state index in [1.165, 1.54) is 6.92 Å². The van der Waals surface area contributed by atoms with Crippen LogP contribution in [0.3, 0.4) is 0 Å². The normalized spacial score (nSPS) is 11.2. The number of benzene rings is 1. The first-order valence-electron chi connectivity index (χ1n) is 11.5. The molecule has 1 atom stereocenters. The standard InChI is InChI=1S/C19H24O6.C8H10O5/c1-14(7-6-10-20)18(22)24-13-17(12-21)25-19(23)15(2)11-16-8-4-3-5-9-16;1-5(2)8(12)13-7(11)4-3-6(9)10/h3-5,8-9,11,17,20-21H,1,6-7,10,12-13H2,2H3;1,3-4H2,2H3,(H,9,10). The van der Waals surface area contributed by atoms with Crippen LogP contribution >= 0.6 is 0 Å². The lowest BCUT2D eigenvalue weighted by Gasteiger charge is -2.16. The van der Waals surface area contributed by atoms with Crippen molar-refractivity contribution >= 4 is 35.9 Å². The highest BCUT2D eigenvalue weighted by molar-refractivity contribution is 5.95. The Kier molecular flexibility index (Phi) is 17.0. The van der Waals surface area contributed by atoms with Gasteiger partial charge in [-0.3, -0.25) is 9.59 Å². The molecule has 0 aliphatic rings. The highest BCUT2D eigenvalue weighted by atomic mass is 16.6. The van der Waals surface area contributed by atoms with Gasteiger partial charge in [0.25, 0.3) is 0 Å². The van der Waals surface area contributed by atoms with Gasteiger partial charge < -0.3 is 29.5 Å². The van der Waals surface area contributed by atoms with Crippen molar-refractivity contribution in [1.29, 1.82) is 0 Å². The summed E-state index contributed by atoms with van der Waals surface area (Å²) in [6.45, 7) is 9.04. The fraction of sp³-hybridized carbons (Fsp3) is 0.370. The van der Waals surface area contributed by atoms with Gasteiger partial charge in [-0.25, -0.2) is 14.4 Å². The number of carbonyl (C=O) groups excluding carboxylic acids is 4. The number of carboxylic acid groups (broad SMARTS) is 1. The Morgan fingerprint density at radius 2 is 1.55 bits per heavy atom. The predicted molar refractivity (Wildman–Crippen MR) is 136 cm³/mol. The topological polar surface area (TPSA) is 174 Å². The molecular formula is C27H34O11. The first-order valence-corrected chi connectivity index (χ1v) is 11.5. The van der Waals surface area contributed by atoms with Gasteiger partial charge in [-0.1, -0.05) is 43.5 Å². The van der Waals surface area contributed by atoms with Crippen molar-refractivity contribution in [1.82, 2.24) is 0 Å². The Labute approximate surface area is 221 Å². The van der Waals surface area contributed by atoms with Crippen LogP contribution in [0.4, 0.5) is 0 Å². The maximum atomic E-state index is 12.0. The molecule has 38 heavy (non-hydrogen) atoms. The molecule has 0 saturated heterocycles. The molecule has 0 aliphatic carbocycles. The minimum atomic E-state index is -1.11. The second kappa shape index (κ2) is 19.1. The number of ether oxygens (including phenoxy) is 3. The fourth-order valence-electron chi connectivity index (χ4n) is 2.34. The Bertz CT molecular complexity index is 1010. The number of aliphatic carboxylic acids is 1. The highest BCUT2D eigenvalue weighted by Gasteiger charge is 2.18. The van der Waals surface area contributed by atoms with Gasteiger partial charge in [0.05, 0.1) is 19.4 Å². The maximum absolute atomic E-state index is 12.0. The van der Waals surface area contributed by atoms with E-state index in [9.17, 15) is 29.1 Å². The van der Waals surface area contributed by atoms with Crippen LogP contribution in [0.15, 0.2) is 60.2 Å². The second-order valence-electron chi connectivity index (χ2n) is 7.91. The largest absolute Gasteiger partial charge is 0.481 e. The average molecular weight is 535 g/mol. The van der Waals surface area contributed by atoms with Crippen molar-refractivity contribution < 1.29 is 53.5 Å². The second-order valence-corrected chi connectivity index (χ2v) is 7.91. The SMILES string of the molecule is C=C(C)C(=O)OC(=O)CCC(=O)O.C=C(CCCO)C(=O)OCC(CO)OC(=O)C(C)=Cc1ccccc1. The molecule has 3 N–H and O–H groups in total. The van der Waals surface area contributed by atoms with E-state index in [0.29, 0.717) is 18.4 Å². The molecule has 0 fully saturated rings. The summed E-state index contributed by atoms with van der Waals surface area (Å²) in [5, 5.41) is 26.2. The number of esters is 4. The van der Waals surface area contributed by atoms with E-state index in [2.05, 4.69) is 17.9 Å². The zero-order valence-electron chi connectivity index (χ0n) is 21.5. The Morgan fingerprint density at radius 3 is 2.08 bits per heavy atom. The Hall–Kier alpha value is -4.09. The minimum absolute atomic E-state index is 0.0454. The van der Waals surface area contributed by atoms with Crippen molar-refractivity contribution in [2.45, 2.75) is 45.6 Å². The molecule has 1 aromatic carbocycles. The third-order valence-electron chi connectivity index (χ3n) is 4.41. The third-order valence-corrected chi connectivity index (χ3v) is 4.41. The fourth-order valence-corrected chi connectivity index (χ4v) is 2.34. The van der Waals surface area contributed by atoms with E-state index < -0.39 is 42.6 Å². The molecule has 1 unspecified atom stereocenters. The number of hydrogen-bond donors (Lipinski definition) is 3. The number of carboxylic acids is 1. The van der Waals surface area contributed by atoms with Gasteiger partial charge in [-0.2, -0.15) is 0 Å². The van der Waals surface area contributed by atoms with Crippen molar-refractivity contribution in [3.63, 3.8) is 0 Å². The molecule has 0 radical (unpaired) electrons. The molecule has 0 aromatic heterocycles. The van der Waals surface area contributed by atoms with Gasteiger partial charge in [-0.15, -0.1) is 0 Å². The number of hydrogen-bond acceptors (Lipinski definition) is 10. The van der Waals surface area contributed by atoms with E-state index in [1.807, 2.05) is 30.3 Å². The van der Waals surface area contributed by atoms with Crippen molar-refractivity contribution in [3.05, 3.63) is 65.8 Å². The predicted octanol–water partition coefficient (Wildman–Crippen LogP) is 2.36. The molecule has 0 heterocycles. The van der Waals surface area contributed by atoms with E-state index in [-0.39, 0.29) is 37.2 Å². The van der Waals surface area contributed by atoms with Crippen LogP contribution < -0.4 is 0 Å². The number of aliphatic hydroxyl groups is 2. The van der Waals surface area contributed by atoms with Gasteiger partial charge in [0.2, 0.25) is 0 Å². The lowest BCUT2D eigenvalue weighted by molar-refractivity contribution is -0.158. The first-order chi connectivity index (χ1) is 17.9. The lowest BCUT2D eigenvalue weighted by Crippen LogP contribution is -2.29. The molecule has 208 valence electrons. The summed E-state index contributed by atoms with van der Waals surface area (Å²) in [6, 6.07) is 9.27. The van der Waals surface area contributed by atoms with Gasteiger partial charge in [0.1, 0.15) is 6.61 Å². The molecule has 0 amide bonds. The molecular weight excluding hydrogens is 500 g/mol. The summed E-state index contributed by atoms with van der Waals surface area (Å²) >= 11 is 0. The molecule has 0 spiro atoms. The van der Waals surface area contributed by atoms with Crippen LogP contribution in [0.1, 0.15) is 45.1 Å². The average Bonchev–Trinajstić information content (AvgIpc) is 2.88. The number of carbonyl (C=O) groups is 5. The zero-order valence-corrected chi connectivity index (χ0v) is 21.5. The maximum Gasteiger partial charge on any atom is 0.340 e. The van der Waals surface area contributed by atoms with E-state index >= 15 is 0 Å². The molecule has 0 aliphatic heterocycles. The van der Waals surface area contributed by atoms with Crippen molar-refractivity contribution in [2.24, 2.45) is 0 Å². The third kappa shape index (κ3) is 15.8. The minimum Gasteiger partial charge on any atom is -0.481 e. The van der Waals surface area contributed by atoms with Gasteiger partial charge in [0, 0.05) is 23.3 Å². The Morgan fingerprint density at radius 1 is 0.921 bits per heavy atom. The summed E-state index contributed by atoms with van der Waals surface area (Å²) < 4.78 is 14.3. The van der Waals surface area contributed by atoms with Crippen LogP contribution in [-0.2, 0) is 38.2 Å². The first kappa shape index (κ1) is 33.9. The van der Waals surface area contributed by atoms with E-state index in [0.717, 1.165) is 5.56 Å². The van der Waals surface area contributed by atoms with E-state index in [4.69, 9.17) is 19.7 Å². The molecule has 11 heteroatoms. The summed E-state index contributed by atoms with van der Waals surface area (Å²) in [7, 11) is 0. The summed E-state index contributed by atoms with van der Waals surface area (Å²) in [6.07, 6.45) is 0.783. The van der Waals surface area contributed by atoms with Crippen LogP contribution in [0.2, 0.25) is 0 Å². The van der Waals surface area contributed by atoms with Gasteiger partial charge in [0.15, 0.2) is 6.10 Å². The van der Waals surface area contributed by atoms with E-state index in [1.54, 1.807) is 13.0 Å². The van der Waals surface area contributed by atoms with Crippen LogP contribution in [-0.4, -0.2) is 71.1 Å². The molecule has 0 saturated carbocycles. The number of aliphatic hydroxyl groups excluding tert-OH is 2. The van der Waals surface area contributed by atoms with Gasteiger partial charge in [-0.05, 0) is 38.3 Å². The van der Waals surface area contributed by atoms with Crippen molar-refractivity contribution in [3.8, 4) is 0 Å². The summed E-state index contributed by atoms with van der Waals surface area (Å²) in [4.78, 5) is 55.2. The molecule has 1 aromatic rings. The summed E-state index contributed by atoms with van der Waals surface area (Å²) in [5.74, 6) is -4.02. The lowest BCUT2D eigenvalue weighted by atomic mass is 10.1. The van der Waals surface area contributed by atoms with Crippen LogP contribution in [0, 0.1) is 0 Å². The quantitative estimate of drug-likeness (QED) is 0.138. The summed E-state index contributed by atoms with van der Waals surface area (Å²) in [5.41, 5.74) is 1.54. The van der Waals surface area contributed by atoms with Gasteiger partial charge >= 0.3 is 29.8 Å². The zero-order chi connectivity index (χ0) is 29.1. The monoisotopic (exact) mass is 534 g/mol.